The number of nitrogens with zero attached hydrogens (tertiary/aromatic N) is 2. The maximum Gasteiger partial charge on any atom is 0.416 e. The summed E-state index contributed by atoms with van der Waals surface area (Å²) in [5, 5.41) is 9.03. The number of rotatable bonds is 5. The average molecular weight is 354 g/mol. The number of aliphatic carboxylic acids is 1. The minimum absolute atomic E-state index is 0.104. The van der Waals surface area contributed by atoms with E-state index in [9.17, 15) is 22.8 Å². The summed E-state index contributed by atoms with van der Waals surface area (Å²) < 4.78 is 39.4. The van der Waals surface area contributed by atoms with E-state index in [4.69, 9.17) is 5.11 Å². The van der Waals surface area contributed by atoms with Crippen LogP contribution in [0.4, 0.5) is 13.2 Å². The van der Waals surface area contributed by atoms with Crippen LogP contribution in [-0.2, 0) is 24.6 Å². The van der Waals surface area contributed by atoms with Crippen molar-refractivity contribution in [1.29, 1.82) is 0 Å². The Hall–Kier alpha value is -2.77. The first kappa shape index (κ1) is 18.6. The lowest BCUT2D eigenvalue weighted by molar-refractivity contribution is -0.138. The molecule has 0 aliphatic heterocycles. The zero-order chi connectivity index (χ0) is 18.8. The van der Waals surface area contributed by atoms with Crippen molar-refractivity contribution in [2.75, 3.05) is 6.54 Å². The Labute approximate surface area is 142 Å². The lowest BCUT2D eigenvalue weighted by Crippen LogP contribution is -2.36. The topological polar surface area (TPSA) is 62.5 Å². The predicted octanol–water partition coefficient (Wildman–Crippen LogP) is 3.08. The molecule has 134 valence electrons. The lowest BCUT2D eigenvalue weighted by Gasteiger charge is -2.21. The first-order valence-corrected chi connectivity index (χ1v) is 7.39. The van der Waals surface area contributed by atoms with Crippen molar-refractivity contribution >= 4 is 11.9 Å². The molecule has 0 aliphatic carbocycles. The van der Waals surface area contributed by atoms with Gasteiger partial charge in [0, 0.05) is 19.3 Å². The van der Waals surface area contributed by atoms with Gasteiger partial charge in [0.05, 0.1) is 5.56 Å². The maximum atomic E-state index is 12.6. The highest BCUT2D eigenvalue weighted by Gasteiger charge is 2.30. The van der Waals surface area contributed by atoms with Gasteiger partial charge in [-0.3, -0.25) is 9.59 Å². The molecule has 2 rings (SSSR count). The summed E-state index contributed by atoms with van der Waals surface area (Å²) in [6, 6.07) is 7.60. The van der Waals surface area contributed by atoms with Gasteiger partial charge in [-0.1, -0.05) is 12.1 Å². The van der Waals surface area contributed by atoms with Crippen LogP contribution in [0.15, 0.2) is 36.4 Å². The average Bonchev–Trinajstić information content (AvgIpc) is 2.85. The standard InChI is InChI=1S/C17H17F3N2O3/c1-11-3-8-14(21(11)2)16(25)22(10-15(23)24)9-12-4-6-13(7-5-12)17(18,19)20/h3-8H,9-10H2,1-2H3,(H,23,24). The molecule has 0 fully saturated rings. The van der Waals surface area contributed by atoms with Gasteiger partial charge in [-0.15, -0.1) is 0 Å². The summed E-state index contributed by atoms with van der Waals surface area (Å²) in [5.74, 6) is -1.70. The second-order valence-corrected chi connectivity index (χ2v) is 5.67. The van der Waals surface area contributed by atoms with Gasteiger partial charge in [-0.2, -0.15) is 13.2 Å². The highest BCUT2D eigenvalue weighted by atomic mass is 19.4. The van der Waals surface area contributed by atoms with Crippen LogP contribution in [0, 0.1) is 6.92 Å². The molecule has 0 spiro atoms. The number of aromatic nitrogens is 1. The van der Waals surface area contributed by atoms with E-state index in [1.807, 2.05) is 0 Å². The number of carboxylic acid groups (broad SMARTS) is 1. The molecule has 1 heterocycles. The number of carbonyl (C=O) groups is 2. The SMILES string of the molecule is Cc1ccc(C(=O)N(CC(=O)O)Cc2ccc(C(F)(F)F)cc2)n1C. The van der Waals surface area contributed by atoms with Crippen molar-refractivity contribution in [3.8, 4) is 0 Å². The molecule has 0 aliphatic rings. The summed E-state index contributed by atoms with van der Waals surface area (Å²) in [4.78, 5) is 24.8. The van der Waals surface area contributed by atoms with Gasteiger partial charge in [-0.25, -0.2) is 0 Å². The van der Waals surface area contributed by atoms with Crippen molar-refractivity contribution in [2.45, 2.75) is 19.6 Å². The number of aryl methyl sites for hydroxylation is 1. The first-order chi connectivity index (χ1) is 11.6. The van der Waals surface area contributed by atoms with Crippen LogP contribution in [0.2, 0.25) is 0 Å². The molecule has 2 aromatic rings. The van der Waals surface area contributed by atoms with Crippen LogP contribution >= 0.6 is 0 Å². The van der Waals surface area contributed by atoms with E-state index in [0.717, 1.165) is 22.7 Å². The van der Waals surface area contributed by atoms with E-state index in [1.165, 1.54) is 12.1 Å². The van der Waals surface area contributed by atoms with Crippen LogP contribution in [0.3, 0.4) is 0 Å². The molecule has 0 saturated carbocycles. The Morgan fingerprint density at radius 3 is 2.16 bits per heavy atom. The fourth-order valence-electron chi connectivity index (χ4n) is 2.37. The molecular weight excluding hydrogens is 337 g/mol. The normalized spacial score (nSPS) is 11.4. The summed E-state index contributed by atoms with van der Waals surface area (Å²) in [5.41, 5.74) is 0.748. The number of hydrogen-bond acceptors (Lipinski definition) is 2. The van der Waals surface area contributed by atoms with Gasteiger partial charge in [0.2, 0.25) is 0 Å². The molecule has 1 amide bonds. The number of carboxylic acids is 1. The van der Waals surface area contributed by atoms with E-state index < -0.39 is 30.2 Å². The Balaban J connectivity index is 2.24. The molecule has 0 radical (unpaired) electrons. The van der Waals surface area contributed by atoms with Crippen molar-refractivity contribution in [3.63, 3.8) is 0 Å². The molecule has 5 nitrogen and oxygen atoms in total. The van der Waals surface area contributed by atoms with Crippen LogP contribution in [0.5, 0.6) is 0 Å². The number of benzene rings is 1. The quantitative estimate of drug-likeness (QED) is 0.898. The highest BCUT2D eigenvalue weighted by molar-refractivity contribution is 5.94. The molecule has 8 heteroatoms. The van der Waals surface area contributed by atoms with Gasteiger partial charge < -0.3 is 14.6 Å². The maximum absolute atomic E-state index is 12.6. The molecule has 0 bridgehead atoms. The van der Waals surface area contributed by atoms with Crippen molar-refractivity contribution < 1.29 is 27.9 Å². The molecule has 0 unspecified atom stereocenters. The Morgan fingerprint density at radius 1 is 1.12 bits per heavy atom. The van der Waals surface area contributed by atoms with Crippen LogP contribution in [0.1, 0.15) is 27.3 Å². The van der Waals surface area contributed by atoms with Gasteiger partial charge in [-0.05, 0) is 36.8 Å². The number of carbonyl (C=O) groups excluding carboxylic acids is 1. The van der Waals surface area contributed by atoms with Crippen molar-refractivity contribution in [3.05, 3.63) is 58.9 Å². The van der Waals surface area contributed by atoms with E-state index in [1.54, 1.807) is 30.7 Å². The number of hydrogen-bond donors (Lipinski definition) is 1. The zero-order valence-corrected chi connectivity index (χ0v) is 13.7. The third kappa shape index (κ3) is 4.40. The van der Waals surface area contributed by atoms with Crippen LogP contribution in [-0.4, -0.2) is 33.0 Å². The second kappa shape index (κ2) is 7.00. The molecule has 1 N–H and O–H groups in total. The minimum Gasteiger partial charge on any atom is -0.480 e. The summed E-state index contributed by atoms with van der Waals surface area (Å²) in [6.45, 7) is 1.14. The monoisotopic (exact) mass is 354 g/mol. The number of alkyl halides is 3. The van der Waals surface area contributed by atoms with Crippen LogP contribution in [0.25, 0.3) is 0 Å². The zero-order valence-electron chi connectivity index (χ0n) is 13.7. The lowest BCUT2D eigenvalue weighted by atomic mass is 10.1. The predicted molar refractivity (Wildman–Crippen MR) is 84.0 cm³/mol. The Kier molecular flexibility index (Phi) is 5.20. The van der Waals surface area contributed by atoms with E-state index >= 15 is 0 Å². The van der Waals surface area contributed by atoms with Crippen molar-refractivity contribution in [1.82, 2.24) is 9.47 Å². The van der Waals surface area contributed by atoms with Gasteiger partial charge in [0.15, 0.2) is 0 Å². The Bertz CT molecular complexity index is 779. The molecular formula is C17H17F3N2O3. The minimum atomic E-state index is -4.45. The first-order valence-electron chi connectivity index (χ1n) is 7.39. The van der Waals surface area contributed by atoms with E-state index in [0.29, 0.717) is 11.3 Å². The van der Waals surface area contributed by atoms with E-state index in [-0.39, 0.29) is 6.54 Å². The van der Waals surface area contributed by atoms with Gasteiger partial charge in [0.1, 0.15) is 12.2 Å². The molecule has 1 aromatic heterocycles. The largest absolute Gasteiger partial charge is 0.480 e. The summed E-state index contributed by atoms with van der Waals surface area (Å²) in [7, 11) is 1.68. The fourth-order valence-corrected chi connectivity index (χ4v) is 2.37. The second-order valence-electron chi connectivity index (χ2n) is 5.67. The highest BCUT2D eigenvalue weighted by Crippen LogP contribution is 2.29. The smallest absolute Gasteiger partial charge is 0.416 e. The Morgan fingerprint density at radius 2 is 1.72 bits per heavy atom. The van der Waals surface area contributed by atoms with E-state index in [2.05, 4.69) is 0 Å². The molecule has 25 heavy (non-hydrogen) atoms. The molecule has 1 aromatic carbocycles. The van der Waals surface area contributed by atoms with Crippen molar-refractivity contribution in [2.24, 2.45) is 7.05 Å². The molecule has 0 atom stereocenters. The summed E-state index contributed by atoms with van der Waals surface area (Å²) in [6.07, 6.45) is -4.45. The third-order valence-corrected chi connectivity index (χ3v) is 3.86. The number of halogens is 3. The van der Waals surface area contributed by atoms with Crippen LogP contribution < -0.4 is 0 Å². The van der Waals surface area contributed by atoms with Gasteiger partial charge >= 0.3 is 12.1 Å². The molecule has 0 saturated heterocycles. The summed E-state index contributed by atoms with van der Waals surface area (Å²) >= 11 is 0. The van der Waals surface area contributed by atoms with Gasteiger partial charge in [0.25, 0.3) is 5.91 Å². The number of amides is 1. The third-order valence-electron chi connectivity index (χ3n) is 3.86. The fraction of sp³-hybridized carbons (Fsp3) is 0.294.